The molecule has 0 bridgehead atoms. The molecule has 3 rings (SSSR count). The highest BCUT2D eigenvalue weighted by Crippen LogP contribution is 2.31. The van der Waals surface area contributed by atoms with Crippen LogP contribution in [0, 0.1) is 19.8 Å². The fourth-order valence-electron chi connectivity index (χ4n) is 2.99. The molecule has 1 heterocycles. The molecule has 0 radical (unpaired) electrons. The summed E-state index contributed by atoms with van der Waals surface area (Å²) >= 11 is 1.65. The third-order valence-corrected chi connectivity index (χ3v) is 5.15. The molecule has 0 spiro atoms. The van der Waals surface area contributed by atoms with Crippen molar-refractivity contribution in [2.24, 2.45) is 5.92 Å². The van der Waals surface area contributed by atoms with Gasteiger partial charge in [0.05, 0.1) is 4.88 Å². The maximum absolute atomic E-state index is 12.7. The second-order valence-corrected chi connectivity index (χ2v) is 6.70. The van der Waals surface area contributed by atoms with E-state index in [9.17, 15) is 4.79 Å². The second kappa shape index (κ2) is 4.93. The fourth-order valence-corrected chi connectivity index (χ4v) is 4.04. The van der Waals surface area contributed by atoms with E-state index in [1.807, 2.05) is 6.92 Å². The van der Waals surface area contributed by atoms with Gasteiger partial charge < -0.3 is 0 Å². The van der Waals surface area contributed by atoms with Crippen LogP contribution in [0.25, 0.3) is 0 Å². The lowest BCUT2D eigenvalue weighted by Crippen LogP contribution is -2.22. The summed E-state index contributed by atoms with van der Waals surface area (Å²) in [7, 11) is 0. The zero-order valence-electron chi connectivity index (χ0n) is 11.4. The van der Waals surface area contributed by atoms with Crippen molar-refractivity contribution >= 4 is 17.1 Å². The normalized spacial score (nSPS) is 18.1. The molecule has 1 aromatic carbocycles. The number of fused-ring (bicyclic) bond motifs is 1. The molecule has 0 aliphatic heterocycles. The van der Waals surface area contributed by atoms with Gasteiger partial charge in [-0.25, -0.2) is 0 Å². The standard InChI is InChI=1S/C17H18OS/c1-11-9-12(2)19-17(11)16(18)15-8-7-13-5-3-4-6-14(13)10-15/h3-6,9,15H,7-8,10H2,1-2H3. The molecule has 1 atom stereocenters. The molecule has 0 fully saturated rings. The van der Waals surface area contributed by atoms with Crippen molar-refractivity contribution in [1.29, 1.82) is 0 Å². The Bertz CT molecular complexity index is 624. The van der Waals surface area contributed by atoms with Crippen LogP contribution in [0.2, 0.25) is 0 Å². The largest absolute Gasteiger partial charge is 0.293 e. The number of benzene rings is 1. The summed E-state index contributed by atoms with van der Waals surface area (Å²) in [5.41, 5.74) is 3.93. The van der Waals surface area contributed by atoms with Crippen molar-refractivity contribution in [3.8, 4) is 0 Å². The number of carbonyl (C=O) groups is 1. The van der Waals surface area contributed by atoms with E-state index in [1.165, 1.54) is 16.0 Å². The van der Waals surface area contributed by atoms with Gasteiger partial charge in [0.15, 0.2) is 5.78 Å². The molecule has 1 aromatic heterocycles. The number of hydrogen-bond donors (Lipinski definition) is 0. The van der Waals surface area contributed by atoms with Gasteiger partial charge in [0, 0.05) is 10.8 Å². The van der Waals surface area contributed by atoms with Gasteiger partial charge in [0.2, 0.25) is 0 Å². The quantitative estimate of drug-likeness (QED) is 0.741. The van der Waals surface area contributed by atoms with Crippen molar-refractivity contribution < 1.29 is 4.79 Å². The smallest absolute Gasteiger partial charge is 0.176 e. The Morgan fingerprint density at radius 2 is 1.95 bits per heavy atom. The molecule has 1 aliphatic carbocycles. The molecule has 98 valence electrons. The van der Waals surface area contributed by atoms with Crippen LogP contribution in [0.5, 0.6) is 0 Å². The number of Topliss-reactive ketones (excluding diaryl/α,β-unsaturated/α-hetero) is 1. The lowest BCUT2D eigenvalue weighted by Gasteiger charge is -2.23. The Labute approximate surface area is 118 Å². The molecule has 0 saturated heterocycles. The summed E-state index contributed by atoms with van der Waals surface area (Å²) in [4.78, 5) is 14.9. The Morgan fingerprint density at radius 3 is 2.63 bits per heavy atom. The Kier molecular flexibility index (Phi) is 3.28. The molecule has 0 N–H and O–H groups in total. The molecular formula is C17H18OS. The minimum atomic E-state index is 0.173. The average molecular weight is 270 g/mol. The number of carbonyl (C=O) groups excluding carboxylic acids is 1. The molecule has 1 aliphatic rings. The highest BCUT2D eigenvalue weighted by Gasteiger charge is 2.27. The summed E-state index contributed by atoms with van der Waals surface area (Å²) in [5.74, 6) is 0.525. The molecule has 0 amide bonds. The van der Waals surface area contributed by atoms with Gasteiger partial charge in [-0.1, -0.05) is 24.3 Å². The van der Waals surface area contributed by atoms with Crippen molar-refractivity contribution in [2.75, 3.05) is 0 Å². The first-order chi connectivity index (χ1) is 9.15. The van der Waals surface area contributed by atoms with Crippen LogP contribution >= 0.6 is 11.3 Å². The summed E-state index contributed by atoms with van der Waals surface area (Å²) in [6, 6.07) is 10.6. The summed E-state index contributed by atoms with van der Waals surface area (Å²) < 4.78 is 0. The Balaban J connectivity index is 1.85. The topological polar surface area (TPSA) is 17.1 Å². The van der Waals surface area contributed by atoms with E-state index in [0.29, 0.717) is 5.78 Å². The van der Waals surface area contributed by atoms with Crippen LogP contribution in [-0.4, -0.2) is 5.78 Å². The van der Waals surface area contributed by atoms with Crippen LogP contribution in [0.1, 0.15) is 37.7 Å². The van der Waals surface area contributed by atoms with E-state index in [0.717, 1.165) is 29.7 Å². The molecule has 1 nitrogen and oxygen atoms in total. The molecule has 2 heteroatoms. The van der Waals surface area contributed by atoms with E-state index < -0.39 is 0 Å². The number of thiophene rings is 1. The highest BCUT2D eigenvalue weighted by molar-refractivity contribution is 7.14. The van der Waals surface area contributed by atoms with Gasteiger partial charge >= 0.3 is 0 Å². The van der Waals surface area contributed by atoms with E-state index in [2.05, 4.69) is 37.3 Å². The second-order valence-electron chi connectivity index (χ2n) is 5.44. The molecule has 1 unspecified atom stereocenters. The molecular weight excluding hydrogens is 252 g/mol. The van der Waals surface area contributed by atoms with Crippen LogP contribution in [-0.2, 0) is 12.8 Å². The number of aryl methyl sites for hydroxylation is 3. The number of ketones is 1. The van der Waals surface area contributed by atoms with Gasteiger partial charge in [-0.15, -0.1) is 11.3 Å². The maximum Gasteiger partial charge on any atom is 0.176 e. The first-order valence-corrected chi connectivity index (χ1v) is 7.65. The van der Waals surface area contributed by atoms with Crippen molar-refractivity contribution in [3.63, 3.8) is 0 Å². The van der Waals surface area contributed by atoms with Gasteiger partial charge in [0.1, 0.15) is 0 Å². The number of hydrogen-bond acceptors (Lipinski definition) is 2. The third-order valence-electron chi connectivity index (χ3n) is 3.98. The lowest BCUT2D eigenvalue weighted by atomic mass is 9.81. The molecule has 2 aromatic rings. The van der Waals surface area contributed by atoms with E-state index >= 15 is 0 Å². The molecule has 19 heavy (non-hydrogen) atoms. The zero-order chi connectivity index (χ0) is 13.4. The highest BCUT2D eigenvalue weighted by atomic mass is 32.1. The minimum absolute atomic E-state index is 0.173. The first kappa shape index (κ1) is 12.6. The Hall–Kier alpha value is -1.41. The van der Waals surface area contributed by atoms with Crippen LogP contribution in [0.3, 0.4) is 0 Å². The fraction of sp³-hybridized carbons (Fsp3) is 0.353. The van der Waals surface area contributed by atoms with E-state index in [1.54, 1.807) is 11.3 Å². The first-order valence-electron chi connectivity index (χ1n) is 6.83. The summed E-state index contributed by atoms with van der Waals surface area (Å²) in [6.07, 6.45) is 2.94. The van der Waals surface area contributed by atoms with Gasteiger partial charge in [-0.3, -0.25) is 4.79 Å². The van der Waals surface area contributed by atoms with Crippen LogP contribution < -0.4 is 0 Å². The van der Waals surface area contributed by atoms with Crippen molar-refractivity contribution in [1.82, 2.24) is 0 Å². The van der Waals surface area contributed by atoms with Crippen molar-refractivity contribution in [3.05, 3.63) is 56.8 Å². The monoisotopic (exact) mass is 270 g/mol. The Morgan fingerprint density at radius 1 is 1.21 bits per heavy atom. The molecule has 0 saturated carbocycles. The van der Waals surface area contributed by atoms with Gasteiger partial charge in [0.25, 0.3) is 0 Å². The summed E-state index contributed by atoms with van der Waals surface area (Å²) in [5, 5.41) is 0. The van der Waals surface area contributed by atoms with Gasteiger partial charge in [-0.2, -0.15) is 0 Å². The van der Waals surface area contributed by atoms with Crippen LogP contribution in [0.4, 0.5) is 0 Å². The van der Waals surface area contributed by atoms with Crippen molar-refractivity contribution in [2.45, 2.75) is 33.1 Å². The van der Waals surface area contributed by atoms with E-state index in [4.69, 9.17) is 0 Å². The number of rotatable bonds is 2. The van der Waals surface area contributed by atoms with E-state index in [-0.39, 0.29) is 5.92 Å². The SMILES string of the molecule is Cc1cc(C)c(C(=O)C2CCc3ccccc3C2)s1. The van der Waals surface area contributed by atoms with Gasteiger partial charge in [-0.05, 0) is 55.9 Å². The zero-order valence-corrected chi connectivity index (χ0v) is 12.2. The predicted molar refractivity (Wildman–Crippen MR) is 80.1 cm³/mol. The van der Waals surface area contributed by atoms with Crippen LogP contribution in [0.15, 0.2) is 30.3 Å². The summed E-state index contributed by atoms with van der Waals surface area (Å²) in [6.45, 7) is 4.12. The maximum atomic E-state index is 12.7. The lowest BCUT2D eigenvalue weighted by molar-refractivity contribution is 0.0912. The predicted octanol–water partition coefficient (Wildman–Crippen LogP) is 4.35. The minimum Gasteiger partial charge on any atom is -0.293 e. The average Bonchev–Trinajstić information content (AvgIpc) is 2.76. The third kappa shape index (κ3) is 2.37.